The summed E-state index contributed by atoms with van der Waals surface area (Å²) in [6.45, 7) is 2.53. The molecule has 1 aromatic carbocycles. The van der Waals surface area contributed by atoms with Gasteiger partial charge in [-0.15, -0.1) is 11.3 Å². The lowest BCUT2D eigenvalue weighted by Gasteiger charge is -2.03. The van der Waals surface area contributed by atoms with Crippen LogP contribution in [0.25, 0.3) is 16.3 Å². The van der Waals surface area contributed by atoms with E-state index in [4.69, 9.17) is 9.84 Å². The molecule has 3 aromatic rings. The highest BCUT2D eigenvalue weighted by Gasteiger charge is 2.12. The van der Waals surface area contributed by atoms with Gasteiger partial charge in [0.1, 0.15) is 5.69 Å². The van der Waals surface area contributed by atoms with Crippen LogP contribution in [-0.2, 0) is 11.3 Å². The van der Waals surface area contributed by atoms with Gasteiger partial charge in [-0.3, -0.25) is 0 Å². The average Bonchev–Trinajstić information content (AvgIpc) is 3.25. The van der Waals surface area contributed by atoms with Gasteiger partial charge in [-0.2, -0.15) is 5.10 Å². The fourth-order valence-electron chi connectivity index (χ4n) is 2.44. The molecule has 0 spiro atoms. The molecule has 1 N–H and O–H groups in total. The largest absolute Gasteiger partial charge is 0.385 e. The van der Waals surface area contributed by atoms with Crippen molar-refractivity contribution in [1.29, 1.82) is 0 Å². The first-order valence-electron chi connectivity index (χ1n) is 7.76. The summed E-state index contributed by atoms with van der Waals surface area (Å²) >= 11 is 1.72. The molecule has 3 rings (SSSR count). The van der Waals surface area contributed by atoms with Crippen molar-refractivity contribution in [2.75, 3.05) is 20.3 Å². The zero-order valence-electron chi connectivity index (χ0n) is 13.2. The lowest BCUT2D eigenvalue weighted by Crippen LogP contribution is -2.16. The van der Waals surface area contributed by atoms with E-state index >= 15 is 0 Å². The Morgan fingerprint density at radius 2 is 2.04 bits per heavy atom. The number of hydrogen-bond donors (Lipinski definition) is 1. The minimum absolute atomic E-state index is 0.786. The zero-order chi connectivity index (χ0) is 15.9. The normalized spacial score (nSPS) is 11.0. The second-order valence-corrected chi connectivity index (χ2v) is 6.23. The van der Waals surface area contributed by atoms with E-state index in [0.29, 0.717) is 0 Å². The maximum absolute atomic E-state index is 5.08. The molecule has 2 heterocycles. The van der Waals surface area contributed by atoms with Crippen LogP contribution in [0.2, 0.25) is 0 Å². The van der Waals surface area contributed by atoms with Gasteiger partial charge in [0.15, 0.2) is 0 Å². The van der Waals surface area contributed by atoms with Gasteiger partial charge in [-0.25, -0.2) is 4.68 Å². The van der Waals surface area contributed by atoms with Crippen LogP contribution >= 0.6 is 11.3 Å². The monoisotopic (exact) mass is 327 g/mol. The highest BCUT2D eigenvalue weighted by atomic mass is 32.1. The van der Waals surface area contributed by atoms with E-state index in [1.165, 1.54) is 10.4 Å². The molecular formula is C18H21N3OS. The standard InChI is InChI=1S/C18H21N3OS/c1-22-11-6-10-19-13-15-14-21(16-7-3-2-4-8-16)20-18(15)17-9-5-12-23-17/h2-5,7-9,12,14,19H,6,10-11,13H2,1H3. The number of para-hydroxylation sites is 1. The second-order valence-electron chi connectivity index (χ2n) is 5.28. The lowest BCUT2D eigenvalue weighted by molar-refractivity contribution is 0.194. The van der Waals surface area contributed by atoms with Gasteiger partial charge in [0.2, 0.25) is 0 Å². The number of methoxy groups -OCH3 is 1. The molecule has 0 aliphatic heterocycles. The molecule has 0 aliphatic carbocycles. The molecule has 0 radical (unpaired) electrons. The fourth-order valence-corrected chi connectivity index (χ4v) is 3.18. The van der Waals surface area contributed by atoms with Gasteiger partial charge in [-0.1, -0.05) is 24.3 Å². The van der Waals surface area contributed by atoms with Crippen LogP contribution < -0.4 is 5.32 Å². The first-order chi connectivity index (χ1) is 11.4. The molecule has 0 atom stereocenters. The number of thiophene rings is 1. The summed E-state index contributed by atoms with van der Waals surface area (Å²) in [7, 11) is 1.73. The maximum atomic E-state index is 5.08. The molecule has 120 valence electrons. The van der Waals surface area contributed by atoms with E-state index in [1.807, 2.05) is 22.9 Å². The maximum Gasteiger partial charge on any atom is 0.107 e. The first-order valence-corrected chi connectivity index (χ1v) is 8.64. The number of ether oxygens (including phenoxy) is 1. The van der Waals surface area contributed by atoms with Gasteiger partial charge in [-0.05, 0) is 36.5 Å². The Morgan fingerprint density at radius 3 is 2.78 bits per heavy atom. The van der Waals surface area contributed by atoms with Crippen LogP contribution in [0.4, 0.5) is 0 Å². The number of nitrogens with zero attached hydrogens (tertiary/aromatic N) is 2. The Kier molecular flexibility index (Phi) is 5.58. The third kappa shape index (κ3) is 4.07. The average molecular weight is 327 g/mol. The number of aromatic nitrogens is 2. The second kappa shape index (κ2) is 8.06. The van der Waals surface area contributed by atoms with Crippen LogP contribution in [0.15, 0.2) is 54.0 Å². The van der Waals surface area contributed by atoms with E-state index in [-0.39, 0.29) is 0 Å². The van der Waals surface area contributed by atoms with Crippen molar-refractivity contribution in [3.63, 3.8) is 0 Å². The van der Waals surface area contributed by atoms with Gasteiger partial charge in [0, 0.05) is 32.0 Å². The van der Waals surface area contributed by atoms with Gasteiger partial charge in [0.25, 0.3) is 0 Å². The van der Waals surface area contributed by atoms with Crippen molar-refractivity contribution in [3.05, 3.63) is 59.6 Å². The van der Waals surface area contributed by atoms with Crippen LogP contribution in [0.5, 0.6) is 0 Å². The molecule has 23 heavy (non-hydrogen) atoms. The van der Waals surface area contributed by atoms with E-state index in [0.717, 1.165) is 37.5 Å². The number of hydrogen-bond acceptors (Lipinski definition) is 4. The summed E-state index contributed by atoms with van der Waals surface area (Å²) in [5.74, 6) is 0. The predicted octanol–water partition coefficient (Wildman–Crippen LogP) is 3.73. The molecule has 0 unspecified atom stereocenters. The van der Waals surface area contributed by atoms with Crippen molar-refractivity contribution < 1.29 is 4.74 Å². The third-order valence-corrected chi connectivity index (χ3v) is 4.46. The van der Waals surface area contributed by atoms with Crippen molar-refractivity contribution in [2.45, 2.75) is 13.0 Å². The highest BCUT2D eigenvalue weighted by Crippen LogP contribution is 2.27. The number of rotatable bonds is 8. The molecule has 0 saturated carbocycles. The summed E-state index contributed by atoms with van der Waals surface area (Å²) in [5.41, 5.74) is 3.35. The lowest BCUT2D eigenvalue weighted by atomic mass is 10.2. The molecule has 5 heteroatoms. The van der Waals surface area contributed by atoms with Crippen molar-refractivity contribution in [3.8, 4) is 16.3 Å². The summed E-state index contributed by atoms with van der Waals surface area (Å²) in [4.78, 5) is 1.20. The Morgan fingerprint density at radius 1 is 1.17 bits per heavy atom. The van der Waals surface area contributed by atoms with Crippen LogP contribution in [0.3, 0.4) is 0 Å². The Balaban J connectivity index is 1.80. The third-order valence-electron chi connectivity index (χ3n) is 3.58. The molecule has 0 bridgehead atoms. The van der Waals surface area contributed by atoms with Gasteiger partial charge in [0.05, 0.1) is 10.6 Å². The van der Waals surface area contributed by atoms with Crippen LogP contribution in [0, 0.1) is 0 Å². The van der Waals surface area contributed by atoms with Gasteiger partial charge < -0.3 is 10.1 Å². The van der Waals surface area contributed by atoms with Crippen molar-refractivity contribution >= 4 is 11.3 Å². The van der Waals surface area contributed by atoms with E-state index in [9.17, 15) is 0 Å². The van der Waals surface area contributed by atoms with E-state index < -0.39 is 0 Å². The smallest absolute Gasteiger partial charge is 0.107 e. The quantitative estimate of drug-likeness (QED) is 0.641. The van der Waals surface area contributed by atoms with Gasteiger partial charge >= 0.3 is 0 Å². The number of benzene rings is 1. The van der Waals surface area contributed by atoms with Crippen LogP contribution in [0.1, 0.15) is 12.0 Å². The summed E-state index contributed by atoms with van der Waals surface area (Å²) in [6, 6.07) is 14.4. The molecule has 4 nitrogen and oxygen atoms in total. The molecule has 2 aromatic heterocycles. The summed E-state index contributed by atoms with van der Waals surface area (Å²) in [6.07, 6.45) is 3.13. The molecule has 0 aliphatic rings. The minimum Gasteiger partial charge on any atom is -0.385 e. The Labute approximate surface area is 140 Å². The van der Waals surface area contributed by atoms with Crippen LogP contribution in [-0.4, -0.2) is 30.0 Å². The minimum atomic E-state index is 0.786. The highest BCUT2D eigenvalue weighted by molar-refractivity contribution is 7.13. The van der Waals surface area contributed by atoms with Crippen molar-refractivity contribution in [2.24, 2.45) is 0 Å². The number of nitrogens with one attached hydrogen (secondary N) is 1. The fraction of sp³-hybridized carbons (Fsp3) is 0.278. The Bertz CT molecular complexity index is 707. The van der Waals surface area contributed by atoms with E-state index in [1.54, 1.807) is 18.4 Å². The van der Waals surface area contributed by atoms with E-state index in [2.05, 4.69) is 41.2 Å². The van der Waals surface area contributed by atoms with Crippen molar-refractivity contribution in [1.82, 2.24) is 15.1 Å². The Hall–Kier alpha value is -1.95. The predicted molar refractivity (Wildman–Crippen MR) is 95.1 cm³/mol. The molecular weight excluding hydrogens is 306 g/mol. The molecule has 0 fully saturated rings. The molecule has 0 saturated heterocycles. The molecule has 0 amide bonds. The topological polar surface area (TPSA) is 39.1 Å². The first kappa shape index (κ1) is 15.9. The SMILES string of the molecule is COCCCNCc1cn(-c2ccccc2)nc1-c1cccs1. The summed E-state index contributed by atoms with van der Waals surface area (Å²) in [5, 5.41) is 10.4. The summed E-state index contributed by atoms with van der Waals surface area (Å²) < 4.78 is 7.04. The zero-order valence-corrected chi connectivity index (χ0v) is 14.1.